The Morgan fingerprint density at radius 2 is 1.32 bits per heavy atom. The summed E-state index contributed by atoms with van der Waals surface area (Å²) in [6.07, 6.45) is 5.73. The molecule has 0 N–H and O–H groups in total. The van der Waals surface area contributed by atoms with Gasteiger partial charge in [0.25, 0.3) is 0 Å². The standard InChI is InChI=1S/C24H30O4/c1-3-5-10-17-27-23(25)21-16-12-15-20(19-13-8-7-9-14-19)22(21)24(26)28-18-11-6-4-2/h7-9,12-16H,3-6,10-11,17-18H2,1-2H3. The summed E-state index contributed by atoms with van der Waals surface area (Å²) in [6.45, 7) is 4.89. The van der Waals surface area contributed by atoms with Gasteiger partial charge in [-0.05, 0) is 30.0 Å². The molecule has 0 aromatic heterocycles. The molecule has 150 valence electrons. The fraction of sp³-hybridized carbons (Fsp3) is 0.417. The molecular weight excluding hydrogens is 352 g/mol. The Morgan fingerprint density at radius 1 is 0.714 bits per heavy atom. The van der Waals surface area contributed by atoms with Crippen molar-refractivity contribution < 1.29 is 19.1 Å². The third kappa shape index (κ3) is 6.22. The summed E-state index contributed by atoms with van der Waals surface area (Å²) in [6, 6.07) is 14.8. The van der Waals surface area contributed by atoms with Crippen molar-refractivity contribution in [2.45, 2.75) is 52.4 Å². The van der Waals surface area contributed by atoms with Gasteiger partial charge in [0.1, 0.15) is 0 Å². The quantitative estimate of drug-likeness (QED) is 0.351. The van der Waals surface area contributed by atoms with Gasteiger partial charge in [-0.1, -0.05) is 82.0 Å². The van der Waals surface area contributed by atoms with E-state index in [1.54, 1.807) is 12.1 Å². The molecule has 4 heteroatoms. The van der Waals surface area contributed by atoms with Gasteiger partial charge in [0.2, 0.25) is 0 Å². The number of carbonyl (C=O) groups is 2. The zero-order valence-corrected chi connectivity index (χ0v) is 16.9. The lowest BCUT2D eigenvalue weighted by Crippen LogP contribution is -2.16. The van der Waals surface area contributed by atoms with Gasteiger partial charge >= 0.3 is 11.9 Å². The lowest BCUT2D eigenvalue weighted by Gasteiger charge is -2.14. The van der Waals surface area contributed by atoms with Crippen molar-refractivity contribution in [3.05, 3.63) is 59.7 Å². The molecule has 0 amide bonds. The molecule has 0 aliphatic carbocycles. The fourth-order valence-corrected chi connectivity index (χ4v) is 2.98. The molecule has 0 aliphatic heterocycles. The maximum Gasteiger partial charge on any atom is 0.339 e. The van der Waals surface area contributed by atoms with Crippen LogP contribution < -0.4 is 0 Å². The van der Waals surface area contributed by atoms with Crippen LogP contribution in [0.4, 0.5) is 0 Å². The Balaban J connectivity index is 2.30. The third-order valence-corrected chi connectivity index (χ3v) is 4.54. The maximum absolute atomic E-state index is 12.9. The number of rotatable bonds is 11. The molecule has 0 saturated carbocycles. The predicted octanol–water partition coefficient (Wildman–Crippen LogP) is 6.05. The molecule has 0 saturated heterocycles. The Morgan fingerprint density at radius 3 is 1.93 bits per heavy atom. The average molecular weight is 383 g/mol. The largest absolute Gasteiger partial charge is 0.462 e. The van der Waals surface area contributed by atoms with Crippen LogP contribution in [0.15, 0.2) is 48.5 Å². The molecular formula is C24H30O4. The van der Waals surface area contributed by atoms with Crippen molar-refractivity contribution in [2.24, 2.45) is 0 Å². The summed E-state index contributed by atoms with van der Waals surface area (Å²) < 4.78 is 10.9. The molecule has 0 fully saturated rings. The van der Waals surface area contributed by atoms with Gasteiger partial charge in [0.15, 0.2) is 0 Å². The lowest BCUT2D eigenvalue weighted by atomic mass is 9.95. The minimum Gasteiger partial charge on any atom is -0.462 e. The number of ether oxygens (including phenoxy) is 2. The molecule has 0 heterocycles. The number of hydrogen-bond donors (Lipinski definition) is 0. The zero-order valence-electron chi connectivity index (χ0n) is 16.9. The molecule has 4 nitrogen and oxygen atoms in total. The van der Waals surface area contributed by atoms with E-state index in [9.17, 15) is 9.59 Å². The van der Waals surface area contributed by atoms with Gasteiger partial charge in [-0.2, -0.15) is 0 Å². The van der Waals surface area contributed by atoms with Crippen LogP contribution in [0.1, 0.15) is 73.1 Å². The highest BCUT2D eigenvalue weighted by Crippen LogP contribution is 2.28. The second-order valence-electron chi connectivity index (χ2n) is 6.78. The summed E-state index contributed by atoms with van der Waals surface area (Å²) >= 11 is 0. The summed E-state index contributed by atoms with van der Waals surface area (Å²) in [5.74, 6) is -0.953. The maximum atomic E-state index is 12.9. The van der Waals surface area contributed by atoms with Crippen LogP contribution >= 0.6 is 0 Å². The SMILES string of the molecule is CCCCCOC(=O)c1cccc(-c2ccccc2)c1C(=O)OCCCCC. The summed E-state index contributed by atoms with van der Waals surface area (Å²) in [4.78, 5) is 25.5. The number of esters is 2. The van der Waals surface area contributed by atoms with E-state index in [1.165, 1.54) is 0 Å². The predicted molar refractivity (Wildman–Crippen MR) is 111 cm³/mol. The van der Waals surface area contributed by atoms with Crippen molar-refractivity contribution in [3.63, 3.8) is 0 Å². The van der Waals surface area contributed by atoms with Crippen LogP contribution in [0.25, 0.3) is 11.1 Å². The van der Waals surface area contributed by atoms with Crippen LogP contribution in [0.5, 0.6) is 0 Å². The fourth-order valence-electron chi connectivity index (χ4n) is 2.98. The molecule has 0 spiro atoms. The molecule has 0 unspecified atom stereocenters. The highest BCUT2D eigenvalue weighted by molar-refractivity contribution is 6.07. The van der Waals surface area contributed by atoms with Crippen molar-refractivity contribution in [3.8, 4) is 11.1 Å². The van der Waals surface area contributed by atoms with Gasteiger partial charge in [-0.15, -0.1) is 0 Å². The number of carbonyl (C=O) groups excluding carboxylic acids is 2. The zero-order chi connectivity index (χ0) is 20.2. The van der Waals surface area contributed by atoms with Gasteiger partial charge in [-0.25, -0.2) is 9.59 Å². The third-order valence-electron chi connectivity index (χ3n) is 4.54. The van der Waals surface area contributed by atoms with Crippen LogP contribution in [0.2, 0.25) is 0 Å². The van der Waals surface area contributed by atoms with Crippen LogP contribution in [-0.4, -0.2) is 25.2 Å². The first-order valence-corrected chi connectivity index (χ1v) is 10.2. The number of hydrogen-bond acceptors (Lipinski definition) is 4. The summed E-state index contributed by atoms with van der Waals surface area (Å²) in [5.41, 5.74) is 2.09. The van der Waals surface area contributed by atoms with Crippen molar-refractivity contribution in [1.82, 2.24) is 0 Å². The van der Waals surface area contributed by atoms with Crippen molar-refractivity contribution in [1.29, 1.82) is 0 Å². The second kappa shape index (κ2) is 12.0. The Kier molecular flexibility index (Phi) is 9.26. The van der Waals surface area contributed by atoms with Crippen LogP contribution in [0.3, 0.4) is 0 Å². The monoisotopic (exact) mass is 382 g/mol. The summed E-state index contributed by atoms with van der Waals surface area (Å²) in [7, 11) is 0. The molecule has 28 heavy (non-hydrogen) atoms. The first kappa shape index (κ1) is 21.7. The highest BCUT2D eigenvalue weighted by atomic mass is 16.5. The average Bonchev–Trinajstić information content (AvgIpc) is 2.74. The molecule has 2 rings (SSSR count). The van der Waals surface area contributed by atoms with Gasteiger partial charge in [0, 0.05) is 0 Å². The van der Waals surface area contributed by atoms with Crippen LogP contribution in [-0.2, 0) is 9.47 Å². The van der Waals surface area contributed by atoms with E-state index < -0.39 is 11.9 Å². The molecule has 2 aromatic carbocycles. The Hall–Kier alpha value is -2.62. The first-order chi connectivity index (χ1) is 13.7. The molecule has 2 aromatic rings. The molecule has 0 atom stereocenters. The normalized spacial score (nSPS) is 10.5. The van der Waals surface area contributed by atoms with E-state index in [4.69, 9.17) is 9.47 Å². The smallest absolute Gasteiger partial charge is 0.339 e. The minimum atomic E-state index is -0.477. The Bertz CT molecular complexity index is 752. The molecule has 0 aliphatic rings. The van der Waals surface area contributed by atoms with E-state index in [1.807, 2.05) is 36.4 Å². The number of benzene rings is 2. The van der Waals surface area contributed by atoms with Crippen molar-refractivity contribution >= 4 is 11.9 Å². The molecule has 0 bridgehead atoms. The minimum absolute atomic E-state index is 0.262. The van der Waals surface area contributed by atoms with E-state index >= 15 is 0 Å². The molecule has 0 radical (unpaired) electrons. The van der Waals surface area contributed by atoms with Gasteiger partial charge in [-0.3, -0.25) is 0 Å². The topological polar surface area (TPSA) is 52.6 Å². The van der Waals surface area contributed by atoms with Gasteiger partial charge < -0.3 is 9.47 Å². The Labute approximate surface area is 167 Å². The van der Waals surface area contributed by atoms with E-state index in [0.717, 1.165) is 44.1 Å². The second-order valence-corrected chi connectivity index (χ2v) is 6.78. The van der Waals surface area contributed by atoms with E-state index in [0.29, 0.717) is 18.8 Å². The summed E-state index contributed by atoms with van der Waals surface area (Å²) in [5, 5.41) is 0. The van der Waals surface area contributed by atoms with E-state index in [2.05, 4.69) is 13.8 Å². The van der Waals surface area contributed by atoms with Crippen molar-refractivity contribution in [2.75, 3.05) is 13.2 Å². The van der Waals surface area contributed by atoms with Gasteiger partial charge in [0.05, 0.1) is 24.3 Å². The highest BCUT2D eigenvalue weighted by Gasteiger charge is 2.23. The van der Waals surface area contributed by atoms with E-state index in [-0.39, 0.29) is 11.1 Å². The van der Waals surface area contributed by atoms with Crippen LogP contribution in [0, 0.1) is 0 Å². The number of unbranched alkanes of at least 4 members (excludes halogenated alkanes) is 4. The first-order valence-electron chi connectivity index (χ1n) is 10.2. The lowest BCUT2D eigenvalue weighted by molar-refractivity contribution is 0.0451.